The van der Waals surface area contributed by atoms with Gasteiger partial charge in [0.25, 0.3) is 5.91 Å². The predicted octanol–water partition coefficient (Wildman–Crippen LogP) is 3.74. The van der Waals surface area contributed by atoms with Crippen LogP contribution in [0, 0.1) is 0 Å². The monoisotopic (exact) mass is 378 g/mol. The Morgan fingerprint density at radius 1 is 1.38 bits per heavy atom. The summed E-state index contributed by atoms with van der Waals surface area (Å²) in [5.74, 6) is 1.10. The highest BCUT2D eigenvalue weighted by molar-refractivity contribution is 6.05. The number of hydrogen-bond donors (Lipinski definition) is 2. The molecule has 0 saturated heterocycles. The van der Waals surface area contributed by atoms with Crippen molar-refractivity contribution < 1.29 is 9.53 Å². The first-order chi connectivity index (χ1) is 12.1. The topological polar surface area (TPSA) is 82.2 Å². The quantitative estimate of drug-likeness (QED) is 0.733. The average molecular weight is 379 g/mol. The van der Waals surface area contributed by atoms with Crippen LogP contribution in [0.15, 0.2) is 30.5 Å². The van der Waals surface area contributed by atoms with E-state index in [1.807, 2.05) is 28.9 Å². The van der Waals surface area contributed by atoms with Crippen LogP contribution in [0.2, 0.25) is 0 Å². The van der Waals surface area contributed by atoms with E-state index in [0.29, 0.717) is 30.7 Å². The molecule has 1 saturated carbocycles. The molecule has 0 aliphatic heterocycles. The second kappa shape index (κ2) is 9.05. The van der Waals surface area contributed by atoms with Gasteiger partial charge in [0.1, 0.15) is 12.4 Å². The van der Waals surface area contributed by atoms with Gasteiger partial charge in [0.15, 0.2) is 0 Å². The number of ether oxygens (including phenoxy) is 1. The average Bonchev–Trinajstić information content (AvgIpc) is 3.38. The number of anilines is 1. The number of nitrogens with one attached hydrogen (secondary N) is 1. The summed E-state index contributed by atoms with van der Waals surface area (Å²) in [6, 6.07) is 7.63. The fraction of sp³-hybridized carbons (Fsp3) is 0.474. The van der Waals surface area contributed by atoms with E-state index in [1.54, 1.807) is 6.20 Å². The highest BCUT2D eigenvalue weighted by Crippen LogP contribution is 2.42. The predicted molar refractivity (Wildman–Crippen MR) is 105 cm³/mol. The van der Waals surface area contributed by atoms with Crippen LogP contribution in [0.25, 0.3) is 0 Å². The third-order valence-electron chi connectivity index (χ3n) is 4.55. The maximum absolute atomic E-state index is 12.7. The van der Waals surface area contributed by atoms with Gasteiger partial charge >= 0.3 is 0 Å². The molecule has 1 amide bonds. The minimum Gasteiger partial charge on any atom is -0.492 e. The lowest BCUT2D eigenvalue weighted by atomic mass is 10.1. The van der Waals surface area contributed by atoms with Gasteiger partial charge in [-0.1, -0.05) is 6.92 Å². The molecule has 3 N–H and O–H groups in total. The minimum atomic E-state index is -0.105. The number of hydrogen-bond acceptors (Lipinski definition) is 4. The molecule has 1 heterocycles. The van der Waals surface area contributed by atoms with Crippen LogP contribution in [-0.4, -0.2) is 28.8 Å². The van der Waals surface area contributed by atoms with Gasteiger partial charge in [-0.05, 0) is 50.5 Å². The number of rotatable bonds is 8. The van der Waals surface area contributed by atoms with Crippen molar-refractivity contribution in [2.24, 2.45) is 5.73 Å². The van der Waals surface area contributed by atoms with E-state index in [1.165, 1.54) is 0 Å². The zero-order valence-corrected chi connectivity index (χ0v) is 16.1. The van der Waals surface area contributed by atoms with Crippen LogP contribution in [0.3, 0.4) is 0 Å². The molecular weight excluding hydrogens is 352 g/mol. The molecule has 1 aromatic heterocycles. The summed E-state index contributed by atoms with van der Waals surface area (Å²) in [4.78, 5) is 12.7. The Bertz CT molecular complexity index is 726. The molecule has 1 fully saturated rings. The molecule has 1 atom stereocenters. The lowest BCUT2D eigenvalue weighted by Crippen LogP contribution is -2.16. The van der Waals surface area contributed by atoms with Crippen molar-refractivity contribution in [1.29, 1.82) is 0 Å². The molecule has 142 valence electrons. The summed E-state index contributed by atoms with van der Waals surface area (Å²) < 4.78 is 7.47. The normalized spacial score (nSPS) is 14.4. The third-order valence-corrected chi connectivity index (χ3v) is 4.55. The molecule has 1 aliphatic carbocycles. The summed E-state index contributed by atoms with van der Waals surface area (Å²) >= 11 is 0. The van der Waals surface area contributed by atoms with E-state index in [-0.39, 0.29) is 18.3 Å². The first-order valence-corrected chi connectivity index (χ1v) is 8.95. The van der Waals surface area contributed by atoms with Gasteiger partial charge in [-0.25, -0.2) is 0 Å². The zero-order chi connectivity index (χ0) is 17.8. The lowest BCUT2D eigenvalue weighted by Gasteiger charge is -2.14. The Hall–Kier alpha value is -2.05. The number of halogens is 1. The number of benzene rings is 1. The van der Waals surface area contributed by atoms with Crippen molar-refractivity contribution in [3.63, 3.8) is 0 Å². The molecule has 0 spiro atoms. The molecule has 2 aromatic rings. The smallest absolute Gasteiger partial charge is 0.259 e. The van der Waals surface area contributed by atoms with Crippen LogP contribution in [0.1, 0.15) is 61.1 Å². The van der Waals surface area contributed by atoms with Crippen LogP contribution in [0.5, 0.6) is 5.75 Å². The van der Waals surface area contributed by atoms with Crippen molar-refractivity contribution in [2.45, 2.75) is 45.1 Å². The maximum Gasteiger partial charge on any atom is 0.259 e. The molecule has 26 heavy (non-hydrogen) atoms. The van der Waals surface area contributed by atoms with Crippen molar-refractivity contribution >= 4 is 24.0 Å². The van der Waals surface area contributed by atoms with Crippen molar-refractivity contribution in [1.82, 2.24) is 9.78 Å². The second-order valence-corrected chi connectivity index (χ2v) is 6.54. The lowest BCUT2D eigenvalue weighted by molar-refractivity contribution is 0.102. The van der Waals surface area contributed by atoms with E-state index in [9.17, 15) is 4.79 Å². The van der Waals surface area contributed by atoms with Crippen LogP contribution < -0.4 is 15.8 Å². The number of nitrogens with two attached hydrogens (primary N) is 1. The molecule has 1 unspecified atom stereocenters. The van der Waals surface area contributed by atoms with Gasteiger partial charge in [-0.2, -0.15) is 5.10 Å². The summed E-state index contributed by atoms with van der Waals surface area (Å²) in [5.41, 5.74) is 7.93. The fourth-order valence-electron chi connectivity index (χ4n) is 2.84. The summed E-state index contributed by atoms with van der Waals surface area (Å²) in [5, 5.41) is 7.45. The summed E-state index contributed by atoms with van der Waals surface area (Å²) in [6.45, 7) is 5.23. The Morgan fingerprint density at radius 2 is 2.08 bits per heavy atom. The molecule has 7 heteroatoms. The highest BCUT2D eigenvalue weighted by atomic mass is 35.5. The number of amides is 1. The van der Waals surface area contributed by atoms with E-state index in [2.05, 4.69) is 24.3 Å². The maximum atomic E-state index is 12.7. The molecule has 6 nitrogen and oxygen atoms in total. The largest absolute Gasteiger partial charge is 0.492 e. The van der Waals surface area contributed by atoms with E-state index in [4.69, 9.17) is 10.5 Å². The van der Waals surface area contributed by atoms with Gasteiger partial charge in [-0.15, -0.1) is 12.4 Å². The van der Waals surface area contributed by atoms with Crippen LogP contribution in [0.4, 0.5) is 5.69 Å². The first-order valence-electron chi connectivity index (χ1n) is 8.95. The fourth-order valence-corrected chi connectivity index (χ4v) is 2.84. The van der Waals surface area contributed by atoms with E-state index >= 15 is 0 Å². The van der Waals surface area contributed by atoms with Gasteiger partial charge < -0.3 is 15.8 Å². The molecule has 1 aromatic carbocycles. The standard InChI is InChI=1S/C19H26N4O2.ClH/c1-3-13(2)23-18(14-4-5-14)17(12-21-23)19(24)22-15-6-8-16(9-7-15)25-11-10-20;/h6-9,12-14H,3-5,10-11,20H2,1-2H3,(H,22,24);1H. The van der Waals surface area contributed by atoms with E-state index in [0.717, 1.165) is 36.4 Å². The first kappa shape index (κ1) is 20.3. The number of carbonyl (C=O) groups excluding carboxylic acids is 1. The van der Waals surface area contributed by atoms with Crippen LogP contribution >= 0.6 is 12.4 Å². The second-order valence-electron chi connectivity index (χ2n) is 6.54. The number of nitrogens with zero attached hydrogens (tertiary/aromatic N) is 2. The van der Waals surface area contributed by atoms with Gasteiger partial charge in [0, 0.05) is 24.2 Å². The highest BCUT2D eigenvalue weighted by Gasteiger charge is 2.33. The van der Waals surface area contributed by atoms with Gasteiger partial charge in [0.05, 0.1) is 17.5 Å². The Kier molecular flexibility index (Phi) is 7.06. The van der Waals surface area contributed by atoms with Gasteiger partial charge in [-0.3, -0.25) is 9.48 Å². The molecule has 1 aliphatic rings. The van der Waals surface area contributed by atoms with Crippen molar-refractivity contribution in [3.8, 4) is 5.75 Å². The van der Waals surface area contributed by atoms with Gasteiger partial charge in [0.2, 0.25) is 0 Å². The Balaban J connectivity index is 0.00000243. The Morgan fingerprint density at radius 3 is 2.65 bits per heavy atom. The third kappa shape index (κ3) is 4.56. The summed E-state index contributed by atoms with van der Waals surface area (Å²) in [7, 11) is 0. The van der Waals surface area contributed by atoms with Crippen molar-refractivity contribution in [3.05, 3.63) is 41.7 Å². The minimum absolute atomic E-state index is 0. The summed E-state index contributed by atoms with van der Waals surface area (Å²) in [6.07, 6.45) is 4.96. The molecule has 3 rings (SSSR count). The molecule has 0 bridgehead atoms. The van der Waals surface area contributed by atoms with Crippen LogP contribution in [-0.2, 0) is 0 Å². The van der Waals surface area contributed by atoms with Crippen molar-refractivity contribution in [2.75, 3.05) is 18.5 Å². The molecule has 0 radical (unpaired) electrons. The number of aromatic nitrogens is 2. The zero-order valence-electron chi connectivity index (χ0n) is 15.3. The number of carbonyl (C=O) groups is 1. The SMILES string of the molecule is CCC(C)n1ncc(C(=O)Nc2ccc(OCCN)cc2)c1C1CC1.Cl. The Labute approximate surface area is 160 Å². The van der Waals surface area contributed by atoms with E-state index < -0.39 is 0 Å². The molecular formula is C19H27ClN4O2.